The Balaban J connectivity index is 1.40. The van der Waals surface area contributed by atoms with Crippen LogP contribution in [0.4, 0.5) is 5.69 Å². The second-order valence-corrected chi connectivity index (χ2v) is 7.88. The first kappa shape index (κ1) is 20.7. The van der Waals surface area contributed by atoms with Crippen LogP contribution < -0.4 is 10.6 Å². The Kier molecular flexibility index (Phi) is 7.47. The van der Waals surface area contributed by atoms with Crippen molar-refractivity contribution in [1.82, 2.24) is 15.5 Å². The summed E-state index contributed by atoms with van der Waals surface area (Å²) in [6.07, 6.45) is 2.61. The highest BCUT2D eigenvalue weighted by Crippen LogP contribution is 2.14. The lowest BCUT2D eigenvalue weighted by Crippen LogP contribution is -2.33. The van der Waals surface area contributed by atoms with Crippen molar-refractivity contribution in [2.45, 2.75) is 38.6 Å². The molecule has 150 valence electrons. The van der Waals surface area contributed by atoms with Crippen molar-refractivity contribution in [3.8, 4) is 0 Å². The van der Waals surface area contributed by atoms with Gasteiger partial charge in [-0.05, 0) is 37.5 Å². The molecule has 0 bridgehead atoms. The van der Waals surface area contributed by atoms with Gasteiger partial charge in [-0.3, -0.25) is 9.59 Å². The van der Waals surface area contributed by atoms with Gasteiger partial charge in [0.2, 0.25) is 10.9 Å². The molecule has 1 heterocycles. The highest BCUT2D eigenvalue weighted by atomic mass is 32.1. The summed E-state index contributed by atoms with van der Waals surface area (Å²) in [5.41, 5.74) is 1.97. The fourth-order valence-electron chi connectivity index (χ4n) is 2.82. The number of hydrogen-bond donors (Lipinski definition) is 2. The summed E-state index contributed by atoms with van der Waals surface area (Å²) in [4.78, 5) is 24.4. The molecule has 1 aromatic heterocycles. The fourth-order valence-corrected chi connectivity index (χ4v) is 3.55. The van der Waals surface area contributed by atoms with Crippen LogP contribution in [0.15, 0.2) is 60.7 Å². The lowest BCUT2D eigenvalue weighted by atomic mass is 10.1. The molecule has 0 unspecified atom stereocenters. The highest BCUT2D eigenvalue weighted by Gasteiger charge is 2.14. The smallest absolute Gasteiger partial charge is 0.286 e. The van der Waals surface area contributed by atoms with E-state index in [0.29, 0.717) is 28.5 Å². The maximum atomic E-state index is 12.2. The molecule has 2 aromatic carbocycles. The van der Waals surface area contributed by atoms with Crippen molar-refractivity contribution < 1.29 is 9.59 Å². The Bertz CT molecular complexity index is 928. The van der Waals surface area contributed by atoms with Gasteiger partial charge in [0, 0.05) is 24.6 Å². The van der Waals surface area contributed by atoms with E-state index in [2.05, 4.69) is 33.0 Å². The molecule has 0 radical (unpaired) electrons. The molecule has 3 rings (SSSR count). The normalized spacial score (nSPS) is 11.6. The van der Waals surface area contributed by atoms with Gasteiger partial charge < -0.3 is 10.6 Å². The average molecular weight is 409 g/mol. The monoisotopic (exact) mass is 408 g/mol. The van der Waals surface area contributed by atoms with E-state index in [1.807, 2.05) is 55.5 Å². The van der Waals surface area contributed by atoms with Gasteiger partial charge in [-0.1, -0.05) is 59.9 Å². The summed E-state index contributed by atoms with van der Waals surface area (Å²) in [6.45, 7) is 2.01. The van der Waals surface area contributed by atoms with E-state index >= 15 is 0 Å². The number of carbonyl (C=O) groups is 2. The van der Waals surface area contributed by atoms with Crippen molar-refractivity contribution in [2.75, 3.05) is 5.32 Å². The Morgan fingerprint density at radius 2 is 1.66 bits per heavy atom. The minimum Gasteiger partial charge on any atom is -0.354 e. The maximum absolute atomic E-state index is 12.2. The molecule has 0 saturated heterocycles. The van der Waals surface area contributed by atoms with Crippen molar-refractivity contribution in [3.05, 3.63) is 76.2 Å². The van der Waals surface area contributed by atoms with E-state index in [0.717, 1.165) is 12.8 Å². The zero-order chi connectivity index (χ0) is 20.5. The number of benzene rings is 2. The van der Waals surface area contributed by atoms with E-state index in [9.17, 15) is 9.59 Å². The molecule has 3 aromatic rings. The van der Waals surface area contributed by atoms with Crippen molar-refractivity contribution in [3.63, 3.8) is 0 Å². The predicted molar refractivity (Wildman–Crippen MR) is 115 cm³/mol. The summed E-state index contributed by atoms with van der Waals surface area (Å²) >= 11 is 1.21. The van der Waals surface area contributed by atoms with Crippen LogP contribution in [-0.4, -0.2) is 28.1 Å². The third-order valence-corrected chi connectivity index (χ3v) is 5.36. The molecule has 0 aliphatic carbocycles. The largest absolute Gasteiger partial charge is 0.354 e. The molecule has 0 aliphatic rings. The third kappa shape index (κ3) is 6.80. The summed E-state index contributed by atoms with van der Waals surface area (Å²) in [5.74, 6) is -0.310. The van der Waals surface area contributed by atoms with Gasteiger partial charge in [0.05, 0.1) is 0 Å². The van der Waals surface area contributed by atoms with E-state index < -0.39 is 0 Å². The van der Waals surface area contributed by atoms with Crippen molar-refractivity contribution >= 4 is 28.8 Å². The lowest BCUT2D eigenvalue weighted by molar-refractivity contribution is -0.121. The topological polar surface area (TPSA) is 84.0 Å². The Morgan fingerprint density at radius 3 is 2.38 bits per heavy atom. The first-order valence-corrected chi connectivity index (χ1v) is 10.4. The second kappa shape index (κ2) is 10.5. The predicted octanol–water partition coefficient (Wildman–Crippen LogP) is 3.86. The van der Waals surface area contributed by atoms with E-state index in [1.54, 1.807) is 0 Å². The molecule has 0 saturated carbocycles. The number of aryl methyl sites for hydroxylation is 2. The van der Waals surface area contributed by atoms with Gasteiger partial charge >= 0.3 is 0 Å². The molecule has 29 heavy (non-hydrogen) atoms. The summed E-state index contributed by atoms with van der Waals surface area (Å²) < 4.78 is 0. The van der Waals surface area contributed by atoms with Crippen LogP contribution in [0.2, 0.25) is 0 Å². The Morgan fingerprint density at radius 1 is 0.966 bits per heavy atom. The molecule has 6 nitrogen and oxygen atoms in total. The molecule has 0 spiro atoms. The van der Waals surface area contributed by atoms with Crippen molar-refractivity contribution in [1.29, 1.82) is 0 Å². The van der Waals surface area contributed by atoms with Gasteiger partial charge in [-0.25, -0.2) is 0 Å². The number of rotatable bonds is 9. The molecule has 0 fully saturated rings. The highest BCUT2D eigenvalue weighted by molar-refractivity contribution is 7.13. The van der Waals surface area contributed by atoms with Gasteiger partial charge in [-0.15, -0.1) is 10.2 Å². The number of nitrogens with zero attached hydrogens (tertiary/aromatic N) is 2. The lowest BCUT2D eigenvalue weighted by Gasteiger charge is -2.13. The molecule has 2 N–H and O–H groups in total. The SMILES string of the molecule is C[C@@H](CCc1ccccc1)NC(=O)CCc1nnc(C(=O)Nc2ccccc2)s1. The van der Waals surface area contributed by atoms with Crippen LogP contribution in [0.25, 0.3) is 0 Å². The van der Waals surface area contributed by atoms with Crippen molar-refractivity contribution in [2.24, 2.45) is 0 Å². The fraction of sp³-hybridized carbons (Fsp3) is 0.273. The number of nitrogens with one attached hydrogen (secondary N) is 2. The minimum atomic E-state index is -0.293. The van der Waals surface area contributed by atoms with Crippen LogP contribution in [0.5, 0.6) is 0 Å². The van der Waals surface area contributed by atoms with Gasteiger partial charge in [0.15, 0.2) is 0 Å². The quantitative estimate of drug-likeness (QED) is 0.563. The molecule has 2 amide bonds. The minimum absolute atomic E-state index is 0.0175. The van der Waals surface area contributed by atoms with Crippen LogP contribution in [-0.2, 0) is 17.6 Å². The number of para-hydroxylation sites is 1. The average Bonchev–Trinajstić information content (AvgIpc) is 3.22. The Labute approximate surface area is 174 Å². The first-order valence-electron chi connectivity index (χ1n) is 9.62. The Hall–Kier alpha value is -3.06. The number of hydrogen-bond acceptors (Lipinski definition) is 5. The van der Waals surface area contributed by atoms with Crippen LogP contribution in [0.1, 0.15) is 40.1 Å². The first-order chi connectivity index (χ1) is 14.1. The maximum Gasteiger partial charge on any atom is 0.286 e. The summed E-state index contributed by atoms with van der Waals surface area (Å²) in [5, 5.41) is 14.7. The second-order valence-electron chi connectivity index (χ2n) is 6.81. The van der Waals surface area contributed by atoms with E-state index in [4.69, 9.17) is 0 Å². The molecular weight excluding hydrogens is 384 g/mol. The number of anilines is 1. The molecule has 7 heteroatoms. The summed E-state index contributed by atoms with van der Waals surface area (Å²) in [7, 11) is 0. The third-order valence-electron chi connectivity index (χ3n) is 4.37. The van der Waals surface area contributed by atoms with Crippen LogP contribution >= 0.6 is 11.3 Å². The zero-order valence-electron chi connectivity index (χ0n) is 16.3. The molecular formula is C22H24N4O2S. The van der Waals surface area contributed by atoms with E-state index in [-0.39, 0.29) is 17.9 Å². The van der Waals surface area contributed by atoms with E-state index in [1.165, 1.54) is 16.9 Å². The molecule has 0 aliphatic heterocycles. The number of amides is 2. The number of aromatic nitrogens is 2. The van der Waals surface area contributed by atoms with Crippen LogP contribution in [0, 0.1) is 0 Å². The van der Waals surface area contributed by atoms with Gasteiger partial charge in [0.1, 0.15) is 5.01 Å². The summed E-state index contributed by atoms with van der Waals surface area (Å²) in [6, 6.07) is 19.5. The van der Waals surface area contributed by atoms with Gasteiger partial charge in [0.25, 0.3) is 5.91 Å². The van der Waals surface area contributed by atoms with Gasteiger partial charge in [-0.2, -0.15) is 0 Å². The standard InChI is InChI=1S/C22H24N4O2S/c1-16(12-13-17-8-4-2-5-9-17)23-19(27)14-15-20-25-26-22(29-20)21(28)24-18-10-6-3-7-11-18/h2-11,16H,12-15H2,1H3,(H,23,27)(H,24,28)/t16-/m0/s1. The number of carbonyl (C=O) groups excluding carboxylic acids is 2. The van der Waals surface area contributed by atoms with Crippen LogP contribution in [0.3, 0.4) is 0 Å². The molecule has 1 atom stereocenters. The zero-order valence-corrected chi connectivity index (χ0v) is 17.1.